The van der Waals surface area contributed by atoms with Gasteiger partial charge in [-0.25, -0.2) is 27.8 Å². The van der Waals surface area contributed by atoms with Gasteiger partial charge in [-0.2, -0.15) is 0 Å². The SMILES string of the molecule is CCN1CCN(Cc2ccc(Nc3nc(-c4ccc(S(C)(=O)=O)cc4)ncc3F)nc2)CC1. The molecule has 0 bridgehead atoms. The van der Waals surface area contributed by atoms with Crippen molar-refractivity contribution in [2.75, 3.05) is 44.3 Å². The Hall–Kier alpha value is -2.95. The lowest BCUT2D eigenvalue weighted by Gasteiger charge is -2.33. The van der Waals surface area contributed by atoms with Crippen LogP contribution in [0.3, 0.4) is 0 Å². The summed E-state index contributed by atoms with van der Waals surface area (Å²) in [5, 5.41) is 2.91. The molecule has 0 atom stereocenters. The average molecular weight is 471 g/mol. The van der Waals surface area contributed by atoms with E-state index in [4.69, 9.17) is 0 Å². The summed E-state index contributed by atoms with van der Waals surface area (Å²) < 4.78 is 37.6. The molecule has 4 rings (SSSR count). The zero-order valence-electron chi connectivity index (χ0n) is 18.7. The largest absolute Gasteiger partial charge is 0.322 e. The van der Waals surface area contributed by atoms with Crippen molar-refractivity contribution < 1.29 is 12.8 Å². The first kappa shape index (κ1) is 23.2. The maximum Gasteiger partial charge on any atom is 0.184 e. The van der Waals surface area contributed by atoms with Crippen molar-refractivity contribution in [1.29, 1.82) is 0 Å². The molecule has 1 saturated heterocycles. The lowest BCUT2D eigenvalue weighted by atomic mass is 10.2. The van der Waals surface area contributed by atoms with Gasteiger partial charge in [0.15, 0.2) is 27.3 Å². The van der Waals surface area contributed by atoms with Crippen molar-refractivity contribution in [3.05, 3.63) is 60.2 Å². The molecule has 8 nitrogen and oxygen atoms in total. The predicted octanol–water partition coefficient (Wildman–Crippen LogP) is 2.96. The summed E-state index contributed by atoms with van der Waals surface area (Å²) in [4.78, 5) is 17.7. The molecular weight excluding hydrogens is 443 g/mol. The second kappa shape index (κ2) is 9.90. The first-order valence-electron chi connectivity index (χ1n) is 10.8. The fourth-order valence-electron chi connectivity index (χ4n) is 3.68. The molecule has 1 fully saturated rings. The smallest absolute Gasteiger partial charge is 0.184 e. The number of hydrogen-bond acceptors (Lipinski definition) is 8. The van der Waals surface area contributed by atoms with Gasteiger partial charge in [-0.3, -0.25) is 4.90 Å². The van der Waals surface area contributed by atoms with Crippen molar-refractivity contribution in [2.24, 2.45) is 0 Å². The maximum absolute atomic E-state index is 14.3. The number of halogens is 1. The fourth-order valence-corrected chi connectivity index (χ4v) is 4.31. The van der Waals surface area contributed by atoms with Crippen LogP contribution < -0.4 is 5.32 Å². The average Bonchev–Trinajstić information content (AvgIpc) is 2.82. The minimum Gasteiger partial charge on any atom is -0.322 e. The molecule has 0 unspecified atom stereocenters. The molecule has 174 valence electrons. The number of rotatable bonds is 7. The number of piperazine rings is 1. The maximum atomic E-state index is 14.3. The van der Waals surface area contributed by atoms with Crippen molar-refractivity contribution in [3.63, 3.8) is 0 Å². The molecule has 1 aliphatic heterocycles. The molecule has 33 heavy (non-hydrogen) atoms. The van der Waals surface area contributed by atoms with E-state index in [1.54, 1.807) is 24.4 Å². The van der Waals surface area contributed by atoms with E-state index in [-0.39, 0.29) is 16.5 Å². The number of sulfone groups is 1. The van der Waals surface area contributed by atoms with Gasteiger partial charge in [-0.05, 0) is 42.4 Å². The van der Waals surface area contributed by atoms with Crippen molar-refractivity contribution in [2.45, 2.75) is 18.4 Å². The van der Waals surface area contributed by atoms with Crippen LogP contribution in [-0.2, 0) is 16.4 Å². The molecule has 1 aromatic carbocycles. The van der Waals surface area contributed by atoms with Crippen LogP contribution in [0.5, 0.6) is 0 Å². The van der Waals surface area contributed by atoms with Crippen LogP contribution in [-0.4, -0.2) is 72.1 Å². The molecule has 0 aliphatic carbocycles. The Morgan fingerprint density at radius 3 is 2.27 bits per heavy atom. The van der Waals surface area contributed by atoms with E-state index >= 15 is 0 Å². The van der Waals surface area contributed by atoms with Gasteiger partial charge in [0.25, 0.3) is 0 Å². The van der Waals surface area contributed by atoms with E-state index in [2.05, 4.69) is 37.0 Å². The van der Waals surface area contributed by atoms with Gasteiger partial charge < -0.3 is 10.2 Å². The number of likely N-dealkylation sites (N-methyl/N-ethyl adjacent to an activating group) is 1. The highest BCUT2D eigenvalue weighted by molar-refractivity contribution is 7.90. The van der Waals surface area contributed by atoms with Crippen LogP contribution in [0.1, 0.15) is 12.5 Å². The first-order valence-corrected chi connectivity index (χ1v) is 12.7. The number of benzene rings is 1. The number of nitrogens with zero attached hydrogens (tertiary/aromatic N) is 5. The highest BCUT2D eigenvalue weighted by Crippen LogP contribution is 2.22. The molecule has 1 N–H and O–H groups in total. The van der Waals surface area contributed by atoms with Gasteiger partial charge in [0.2, 0.25) is 0 Å². The zero-order chi connectivity index (χ0) is 23.4. The Balaban J connectivity index is 1.43. The molecule has 0 saturated carbocycles. The number of nitrogens with one attached hydrogen (secondary N) is 1. The van der Waals surface area contributed by atoms with E-state index in [0.29, 0.717) is 11.4 Å². The second-order valence-corrected chi connectivity index (χ2v) is 10.1. The lowest BCUT2D eigenvalue weighted by Crippen LogP contribution is -2.45. The van der Waals surface area contributed by atoms with Gasteiger partial charge in [-0.15, -0.1) is 0 Å². The van der Waals surface area contributed by atoms with Crippen LogP contribution in [0, 0.1) is 5.82 Å². The monoisotopic (exact) mass is 470 g/mol. The number of anilines is 2. The molecule has 3 aromatic rings. The van der Waals surface area contributed by atoms with Crippen molar-refractivity contribution in [3.8, 4) is 11.4 Å². The molecule has 2 aromatic heterocycles. The third-order valence-corrected chi connectivity index (χ3v) is 6.80. The van der Waals surface area contributed by atoms with Crippen LogP contribution >= 0.6 is 0 Å². The lowest BCUT2D eigenvalue weighted by molar-refractivity contribution is 0.132. The summed E-state index contributed by atoms with van der Waals surface area (Å²) in [6, 6.07) is 9.94. The quantitative estimate of drug-likeness (QED) is 0.564. The topological polar surface area (TPSA) is 91.3 Å². The fraction of sp³-hybridized carbons (Fsp3) is 0.348. The highest BCUT2D eigenvalue weighted by Gasteiger charge is 2.16. The van der Waals surface area contributed by atoms with E-state index in [0.717, 1.165) is 57.3 Å². The summed E-state index contributed by atoms with van der Waals surface area (Å²) in [7, 11) is -3.30. The number of pyridine rings is 1. The van der Waals surface area contributed by atoms with Gasteiger partial charge in [0, 0.05) is 50.7 Å². The number of aromatic nitrogens is 3. The highest BCUT2D eigenvalue weighted by atomic mass is 32.2. The summed E-state index contributed by atoms with van der Waals surface area (Å²) in [6.45, 7) is 8.33. The van der Waals surface area contributed by atoms with Gasteiger partial charge in [-0.1, -0.05) is 13.0 Å². The van der Waals surface area contributed by atoms with Crippen LogP contribution in [0.4, 0.5) is 16.0 Å². The van der Waals surface area contributed by atoms with Crippen LogP contribution in [0.25, 0.3) is 11.4 Å². The minimum atomic E-state index is -3.30. The first-order chi connectivity index (χ1) is 15.8. The Morgan fingerprint density at radius 2 is 1.67 bits per heavy atom. The minimum absolute atomic E-state index is 0.00290. The van der Waals surface area contributed by atoms with Gasteiger partial charge >= 0.3 is 0 Å². The molecule has 0 radical (unpaired) electrons. The van der Waals surface area contributed by atoms with Crippen LogP contribution in [0.15, 0.2) is 53.7 Å². The molecule has 3 heterocycles. The number of hydrogen-bond donors (Lipinski definition) is 1. The normalized spacial score (nSPS) is 15.5. The van der Waals surface area contributed by atoms with Gasteiger partial charge in [0.05, 0.1) is 11.1 Å². The Labute approximate surface area is 193 Å². The van der Waals surface area contributed by atoms with E-state index < -0.39 is 15.7 Å². The Kier molecular flexibility index (Phi) is 6.96. The van der Waals surface area contributed by atoms with Crippen LogP contribution in [0.2, 0.25) is 0 Å². The molecule has 0 amide bonds. The molecule has 0 spiro atoms. The van der Waals surface area contributed by atoms with Gasteiger partial charge in [0.1, 0.15) is 5.82 Å². The third-order valence-electron chi connectivity index (χ3n) is 5.67. The summed E-state index contributed by atoms with van der Waals surface area (Å²) >= 11 is 0. The molecule has 1 aliphatic rings. The van der Waals surface area contributed by atoms with Crippen molar-refractivity contribution in [1.82, 2.24) is 24.8 Å². The van der Waals surface area contributed by atoms with E-state index in [1.807, 2.05) is 6.07 Å². The zero-order valence-corrected chi connectivity index (χ0v) is 19.5. The van der Waals surface area contributed by atoms with Crippen molar-refractivity contribution >= 4 is 21.5 Å². The summed E-state index contributed by atoms with van der Waals surface area (Å²) in [5.74, 6) is 0.154. The predicted molar refractivity (Wildman–Crippen MR) is 125 cm³/mol. The van der Waals surface area contributed by atoms with E-state index in [1.165, 1.54) is 12.1 Å². The third kappa shape index (κ3) is 5.89. The second-order valence-electron chi connectivity index (χ2n) is 8.07. The Morgan fingerprint density at radius 1 is 0.970 bits per heavy atom. The summed E-state index contributed by atoms with van der Waals surface area (Å²) in [5.41, 5.74) is 1.68. The standard InChI is InChI=1S/C23H27FN6O2S/c1-3-29-10-12-30(13-11-29)16-17-4-9-21(25-14-17)27-23-20(24)15-26-22(28-23)18-5-7-19(8-6-18)33(2,31)32/h4-9,14-15H,3,10-13,16H2,1-2H3,(H,25,26,27,28). The summed E-state index contributed by atoms with van der Waals surface area (Å²) in [6.07, 6.45) is 4.01. The van der Waals surface area contributed by atoms with E-state index in [9.17, 15) is 12.8 Å². The Bertz CT molecular complexity index is 1190. The molecular formula is C23H27FN6O2S. The molecule has 10 heteroatoms.